The molecule has 1 heterocycles. The zero-order valence-corrected chi connectivity index (χ0v) is 11.6. The van der Waals surface area contributed by atoms with E-state index in [2.05, 4.69) is 41.6 Å². The predicted octanol–water partition coefficient (Wildman–Crippen LogP) is 2.56. The van der Waals surface area contributed by atoms with Gasteiger partial charge in [-0.15, -0.1) is 5.10 Å². The van der Waals surface area contributed by atoms with Crippen LogP contribution in [0.1, 0.15) is 52.3 Å². The molecule has 102 valence electrons. The molecule has 1 saturated carbocycles. The molecule has 0 spiro atoms. The third kappa shape index (κ3) is 3.70. The SMILES string of the molecule is CCNCc1nnc(NC2CCC(C)(C)CC2)o1. The highest BCUT2D eigenvalue weighted by atomic mass is 16.4. The van der Waals surface area contributed by atoms with Gasteiger partial charge in [-0.2, -0.15) is 0 Å². The van der Waals surface area contributed by atoms with Crippen molar-refractivity contribution in [1.29, 1.82) is 0 Å². The summed E-state index contributed by atoms with van der Waals surface area (Å²) in [5.41, 5.74) is 0.489. The Hall–Kier alpha value is -1.10. The number of anilines is 1. The van der Waals surface area contributed by atoms with E-state index in [4.69, 9.17) is 4.42 Å². The summed E-state index contributed by atoms with van der Waals surface area (Å²) in [6.07, 6.45) is 4.86. The highest BCUT2D eigenvalue weighted by molar-refractivity contribution is 5.19. The van der Waals surface area contributed by atoms with Crippen LogP contribution in [0.3, 0.4) is 0 Å². The van der Waals surface area contributed by atoms with Crippen molar-refractivity contribution in [3.63, 3.8) is 0 Å². The summed E-state index contributed by atoms with van der Waals surface area (Å²) in [7, 11) is 0. The monoisotopic (exact) mass is 252 g/mol. The maximum atomic E-state index is 5.54. The van der Waals surface area contributed by atoms with Gasteiger partial charge in [-0.05, 0) is 37.6 Å². The molecule has 0 bridgehead atoms. The van der Waals surface area contributed by atoms with Crippen LogP contribution in [0.25, 0.3) is 0 Å². The lowest BCUT2D eigenvalue weighted by Gasteiger charge is -2.34. The summed E-state index contributed by atoms with van der Waals surface area (Å²) < 4.78 is 5.54. The molecule has 2 N–H and O–H groups in total. The van der Waals surface area contributed by atoms with Crippen molar-refractivity contribution in [1.82, 2.24) is 15.5 Å². The molecule has 0 saturated heterocycles. The lowest BCUT2D eigenvalue weighted by atomic mass is 9.76. The average Bonchev–Trinajstić information content (AvgIpc) is 2.77. The molecule has 1 aromatic heterocycles. The number of hydrogen-bond donors (Lipinski definition) is 2. The van der Waals surface area contributed by atoms with Gasteiger partial charge in [0.25, 0.3) is 0 Å². The molecule has 1 aliphatic carbocycles. The quantitative estimate of drug-likeness (QED) is 0.843. The minimum Gasteiger partial charge on any atom is -0.407 e. The lowest BCUT2D eigenvalue weighted by molar-refractivity contribution is 0.231. The first-order valence-electron chi connectivity index (χ1n) is 6.89. The maximum absolute atomic E-state index is 5.54. The Balaban J connectivity index is 1.81. The first kappa shape index (κ1) is 13.3. The Morgan fingerprint density at radius 2 is 2.00 bits per heavy atom. The summed E-state index contributed by atoms with van der Waals surface area (Å²) in [6, 6.07) is 1.04. The minimum absolute atomic E-state index is 0.477. The molecule has 0 aliphatic heterocycles. The van der Waals surface area contributed by atoms with Crippen LogP contribution in [0.4, 0.5) is 6.01 Å². The third-order valence-corrected chi connectivity index (χ3v) is 3.66. The second-order valence-electron chi connectivity index (χ2n) is 5.86. The van der Waals surface area contributed by atoms with Crippen molar-refractivity contribution in [2.75, 3.05) is 11.9 Å². The highest BCUT2D eigenvalue weighted by Gasteiger charge is 2.27. The predicted molar refractivity (Wildman–Crippen MR) is 71.3 cm³/mol. The maximum Gasteiger partial charge on any atom is 0.315 e. The molecule has 5 nitrogen and oxygen atoms in total. The van der Waals surface area contributed by atoms with Crippen LogP contribution in [-0.2, 0) is 6.54 Å². The molecular weight excluding hydrogens is 228 g/mol. The van der Waals surface area contributed by atoms with Crippen molar-refractivity contribution in [3.8, 4) is 0 Å². The summed E-state index contributed by atoms with van der Waals surface area (Å²) in [6.45, 7) is 8.28. The van der Waals surface area contributed by atoms with Crippen LogP contribution >= 0.6 is 0 Å². The van der Waals surface area contributed by atoms with Crippen molar-refractivity contribution in [2.24, 2.45) is 5.41 Å². The van der Waals surface area contributed by atoms with Gasteiger partial charge in [-0.25, -0.2) is 0 Å². The highest BCUT2D eigenvalue weighted by Crippen LogP contribution is 2.35. The Labute approximate surface area is 109 Å². The second-order valence-corrected chi connectivity index (χ2v) is 5.86. The standard InChI is InChI=1S/C13H24N4O/c1-4-14-9-11-16-17-12(18-11)15-10-5-7-13(2,3)8-6-10/h10,14H,4-9H2,1-3H3,(H,15,17). The van der Waals surface area contributed by atoms with Crippen molar-refractivity contribution >= 4 is 6.01 Å². The van der Waals surface area contributed by atoms with E-state index in [-0.39, 0.29) is 0 Å². The molecule has 1 aliphatic rings. The molecule has 0 amide bonds. The Morgan fingerprint density at radius 3 is 2.67 bits per heavy atom. The smallest absolute Gasteiger partial charge is 0.315 e. The summed E-state index contributed by atoms with van der Waals surface area (Å²) in [4.78, 5) is 0. The topological polar surface area (TPSA) is 63.0 Å². The zero-order valence-electron chi connectivity index (χ0n) is 11.6. The van der Waals surface area contributed by atoms with Gasteiger partial charge < -0.3 is 15.1 Å². The average molecular weight is 252 g/mol. The van der Waals surface area contributed by atoms with Gasteiger partial charge in [0.05, 0.1) is 6.54 Å². The van der Waals surface area contributed by atoms with Crippen LogP contribution in [0.15, 0.2) is 4.42 Å². The largest absolute Gasteiger partial charge is 0.407 e. The fraction of sp³-hybridized carbons (Fsp3) is 0.846. The summed E-state index contributed by atoms with van der Waals surface area (Å²) in [5.74, 6) is 0.649. The number of rotatable bonds is 5. The Morgan fingerprint density at radius 1 is 1.28 bits per heavy atom. The van der Waals surface area contributed by atoms with Crippen molar-refractivity contribution in [3.05, 3.63) is 5.89 Å². The van der Waals surface area contributed by atoms with Crippen molar-refractivity contribution in [2.45, 2.75) is 59.0 Å². The molecule has 5 heteroatoms. The third-order valence-electron chi connectivity index (χ3n) is 3.66. The van der Waals surface area contributed by atoms with E-state index in [0.717, 1.165) is 6.54 Å². The number of nitrogens with zero attached hydrogens (tertiary/aromatic N) is 2. The van der Waals surface area contributed by atoms with Gasteiger partial charge in [-0.1, -0.05) is 25.9 Å². The molecule has 1 fully saturated rings. The van der Waals surface area contributed by atoms with E-state index in [9.17, 15) is 0 Å². The van der Waals surface area contributed by atoms with Crippen LogP contribution < -0.4 is 10.6 Å². The molecule has 0 radical (unpaired) electrons. The normalized spacial score (nSPS) is 19.9. The molecule has 0 aromatic carbocycles. The molecule has 0 unspecified atom stereocenters. The number of aromatic nitrogens is 2. The molecular formula is C13H24N4O. The number of hydrogen-bond acceptors (Lipinski definition) is 5. The fourth-order valence-electron chi connectivity index (χ4n) is 2.33. The van der Waals surface area contributed by atoms with Crippen LogP contribution in [-0.4, -0.2) is 22.8 Å². The Bertz CT molecular complexity index is 365. The zero-order chi connectivity index (χ0) is 13.0. The molecule has 1 aromatic rings. The molecule has 0 atom stereocenters. The van der Waals surface area contributed by atoms with E-state index in [1.807, 2.05) is 0 Å². The Kier molecular flexibility index (Phi) is 4.22. The first-order chi connectivity index (χ1) is 8.59. The van der Waals surface area contributed by atoms with Gasteiger partial charge in [0.1, 0.15) is 0 Å². The van der Waals surface area contributed by atoms with Gasteiger partial charge in [0.15, 0.2) is 0 Å². The van der Waals surface area contributed by atoms with E-state index < -0.39 is 0 Å². The lowest BCUT2D eigenvalue weighted by Crippen LogP contribution is -2.29. The van der Waals surface area contributed by atoms with Gasteiger partial charge in [-0.3, -0.25) is 0 Å². The van der Waals surface area contributed by atoms with E-state index in [1.165, 1.54) is 25.7 Å². The van der Waals surface area contributed by atoms with Crippen LogP contribution in [0, 0.1) is 5.41 Å². The fourth-order valence-corrected chi connectivity index (χ4v) is 2.33. The van der Waals surface area contributed by atoms with Crippen molar-refractivity contribution < 1.29 is 4.42 Å². The first-order valence-corrected chi connectivity index (χ1v) is 6.89. The van der Waals surface area contributed by atoms with Gasteiger partial charge in [0, 0.05) is 6.04 Å². The summed E-state index contributed by atoms with van der Waals surface area (Å²) >= 11 is 0. The van der Waals surface area contributed by atoms with Gasteiger partial charge >= 0.3 is 6.01 Å². The number of nitrogens with one attached hydrogen (secondary N) is 2. The van der Waals surface area contributed by atoms with E-state index in [1.54, 1.807) is 0 Å². The van der Waals surface area contributed by atoms with Crippen LogP contribution in [0.5, 0.6) is 0 Å². The second kappa shape index (κ2) is 5.69. The minimum atomic E-state index is 0.477. The summed E-state index contributed by atoms with van der Waals surface area (Å²) in [5, 5.41) is 14.6. The molecule has 18 heavy (non-hydrogen) atoms. The van der Waals surface area contributed by atoms with Crippen LogP contribution in [0.2, 0.25) is 0 Å². The van der Waals surface area contributed by atoms with E-state index >= 15 is 0 Å². The van der Waals surface area contributed by atoms with Gasteiger partial charge in [0.2, 0.25) is 5.89 Å². The molecule has 2 rings (SSSR count). The van der Waals surface area contributed by atoms with E-state index in [0.29, 0.717) is 29.9 Å².